The molecule has 6 heteroatoms. The summed E-state index contributed by atoms with van der Waals surface area (Å²) < 4.78 is 17.6. The topological polar surface area (TPSA) is 18.5 Å². The molecule has 3 unspecified atom stereocenters. The number of alkyl halides is 4. The normalized spacial score (nSPS) is 26.6. The van der Waals surface area contributed by atoms with Crippen LogP contribution in [0.5, 0.6) is 0 Å². The zero-order valence-electron chi connectivity index (χ0n) is 19.3. The van der Waals surface area contributed by atoms with Crippen molar-refractivity contribution < 1.29 is 30.5 Å². The second kappa shape index (κ2) is 14.2. The van der Waals surface area contributed by atoms with Crippen LogP contribution in [0.4, 0.5) is 0 Å². The van der Waals surface area contributed by atoms with E-state index in [9.17, 15) is 0 Å². The van der Waals surface area contributed by atoms with Crippen LogP contribution in [0.1, 0.15) is 76.2 Å². The predicted octanol–water partition coefficient (Wildman–Crippen LogP) is 3.79. The average Bonchev–Trinajstić information content (AvgIpc) is 3.31. The van der Waals surface area contributed by atoms with Gasteiger partial charge in [-0.25, -0.2) is 0 Å². The molecule has 32 heavy (non-hydrogen) atoms. The Morgan fingerprint density at radius 3 is 1.91 bits per heavy atom. The van der Waals surface area contributed by atoms with Crippen molar-refractivity contribution >= 4 is 57.8 Å². The molecule has 0 bridgehead atoms. The van der Waals surface area contributed by atoms with Gasteiger partial charge in [0.05, 0.1) is 0 Å². The zero-order valence-corrected chi connectivity index (χ0v) is 25.8. The van der Waals surface area contributed by atoms with Crippen LogP contribution in [0.15, 0.2) is 24.3 Å². The van der Waals surface area contributed by atoms with Gasteiger partial charge in [0.2, 0.25) is 0 Å². The monoisotopic (exact) mass is 775 g/mol. The second-order valence-corrected chi connectivity index (χ2v) is 17.5. The molecule has 1 aromatic rings. The summed E-state index contributed by atoms with van der Waals surface area (Å²) in [6.07, 6.45) is 16.9. The van der Waals surface area contributed by atoms with Gasteiger partial charge in [0, 0.05) is 0 Å². The molecule has 0 N–H and O–H groups in total. The van der Waals surface area contributed by atoms with Crippen molar-refractivity contribution in [3.8, 4) is 0 Å². The SMILES string of the molecule is IC[I-]CCC(CI)Cc1ccc(B2OC(C3CCCCC3)C(C3CCCCC3)O2)cc1. The second-order valence-electron chi connectivity index (χ2n) is 10.1. The van der Waals surface area contributed by atoms with Gasteiger partial charge in [-0.3, -0.25) is 0 Å². The van der Waals surface area contributed by atoms with Crippen molar-refractivity contribution in [3.63, 3.8) is 0 Å². The Balaban J connectivity index is 1.39. The number of hydrogen-bond acceptors (Lipinski definition) is 2. The van der Waals surface area contributed by atoms with Crippen LogP contribution < -0.4 is 26.7 Å². The fraction of sp³-hybridized carbons (Fsp3) is 0.769. The molecule has 2 saturated carbocycles. The van der Waals surface area contributed by atoms with Gasteiger partial charge in [-0.1, -0.05) is 38.5 Å². The molecule has 1 heterocycles. The van der Waals surface area contributed by atoms with Crippen LogP contribution >= 0.6 is 45.2 Å². The van der Waals surface area contributed by atoms with Crippen molar-refractivity contribution in [1.82, 2.24) is 0 Å². The molecule has 0 aromatic heterocycles. The van der Waals surface area contributed by atoms with E-state index in [1.165, 1.54) is 99.4 Å². The summed E-state index contributed by atoms with van der Waals surface area (Å²) in [6.45, 7) is 0. The molecule has 0 amide bonds. The first-order valence-corrected chi connectivity index (χ1v) is 18.9. The molecule has 0 spiro atoms. The van der Waals surface area contributed by atoms with Crippen LogP contribution in [0, 0.1) is 17.8 Å². The van der Waals surface area contributed by atoms with Crippen molar-refractivity contribution in [2.75, 3.05) is 11.3 Å². The van der Waals surface area contributed by atoms with Crippen LogP contribution in [-0.4, -0.2) is 30.6 Å². The maximum atomic E-state index is 6.74. The standard InChI is InChI=1S/C26H39BI3O2/c28-18-21(15-16-30-19-29)17-20-11-13-24(14-12-20)27-31-25(22-7-3-1-4-8-22)26(32-27)23-9-5-2-6-10-23/h11-14,21-23,25-26H,1-10,15-19H2/q-1. The Labute approximate surface area is 234 Å². The molecule has 3 aliphatic rings. The average molecular weight is 775 g/mol. The van der Waals surface area contributed by atoms with Gasteiger partial charge in [0.1, 0.15) is 0 Å². The first-order chi connectivity index (χ1) is 15.8. The number of rotatable bonds is 10. The summed E-state index contributed by atoms with van der Waals surface area (Å²) in [5, 5.41) is 0. The molecule has 3 atom stereocenters. The summed E-state index contributed by atoms with van der Waals surface area (Å²) in [6, 6.07) is 9.28. The Morgan fingerprint density at radius 2 is 1.41 bits per heavy atom. The van der Waals surface area contributed by atoms with E-state index >= 15 is 0 Å². The Bertz CT molecular complexity index is 636. The van der Waals surface area contributed by atoms with Crippen molar-refractivity contribution in [2.24, 2.45) is 17.8 Å². The Hall–Kier alpha value is 1.39. The Kier molecular flexibility index (Phi) is 11.8. The van der Waals surface area contributed by atoms with Crippen LogP contribution in [0.3, 0.4) is 0 Å². The summed E-state index contributed by atoms with van der Waals surface area (Å²) in [5.74, 6) is 2.24. The van der Waals surface area contributed by atoms with E-state index in [4.69, 9.17) is 9.31 Å². The van der Waals surface area contributed by atoms with E-state index in [0.717, 1.165) is 5.92 Å². The molecule has 4 rings (SSSR count). The molecule has 180 valence electrons. The van der Waals surface area contributed by atoms with E-state index in [1.807, 2.05) is 0 Å². The first kappa shape index (κ1) is 26.5. The number of benzene rings is 1. The van der Waals surface area contributed by atoms with Crippen molar-refractivity contribution in [2.45, 2.75) is 89.3 Å². The predicted molar refractivity (Wildman–Crippen MR) is 149 cm³/mol. The van der Waals surface area contributed by atoms with E-state index in [0.29, 0.717) is 45.2 Å². The molecular formula is C26H39BI3O2-. The van der Waals surface area contributed by atoms with Gasteiger partial charge in [0.15, 0.2) is 0 Å². The molecule has 3 fully saturated rings. The quantitative estimate of drug-likeness (QED) is 0.156. The van der Waals surface area contributed by atoms with Crippen LogP contribution in [0.2, 0.25) is 0 Å². The molecule has 1 aliphatic heterocycles. The maximum absolute atomic E-state index is 6.74. The molecule has 1 saturated heterocycles. The fourth-order valence-corrected chi connectivity index (χ4v) is 10.3. The van der Waals surface area contributed by atoms with Crippen LogP contribution in [0.25, 0.3) is 0 Å². The minimum absolute atomic E-state index is 0.156. The first-order valence-electron chi connectivity index (χ1n) is 12.8. The molecule has 1 aromatic carbocycles. The third kappa shape index (κ3) is 7.45. The molecule has 0 radical (unpaired) electrons. The van der Waals surface area contributed by atoms with Gasteiger partial charge in [-0.2, -0.15) is 0 Å². The number of hydrogen-bond donors (Lipinski definition) is 0. The van der Waals surface area contributed by atoms with E-state index in [-0.39, 0.29) is 7.12 Å². The van der Waals surface area contributed by atoms with Crippen molar-refractivity contribution in [1.29, 1.82) is 0 Å². The number of halogens is 3. The van der Waals surface area contributed by atoms with Gasteiger partial charge in [-0.15, -0.1) is 0 Å². The zero-order chi connectivity index (χ0) is 22.2. The third-order valence-corrected chi connectivity index (χ3v) is 13.6. The molecule has 2 aliphatic carbocycles. The molecule has 2 nitrogen and oxygen atoms in total. The van der Waals surface area contributed by atoms with Crippen LogP contribution in [-0.2, 0) is 15.7 Å². The minimum atomic E-state index is -0.156. The van der Waals surface area contributed by atoms with Gasteiger partial charge < -0.3 is 0 Å². The molecular weight excluding hydrogens is 736 g/mol. The summed E-state index contributed by atoms with van der Waals surface area (Å²) in [4.78, 5) is 0. The third-order valence-electron chi connectivity index (χ3n) is 7.83. The van der Waals surface area contributed by atoms with E-state index < -0.39 is 0 Å². The van der Waals surface area contributed by atoms with Gasteiger partial charge in [0.25, 0.3) is 0 Å². The van der Waals surface area contributed by atoms with Gasteiger partial charge in [-0.05, 0) is 25.7 Å². The van der Waals surface area contributed by atoms with E-state index in [2.05, 4.69) is 69.4 Å². The van der Waals surface area contributed by atoms with Crippen molar-refractivity contribution in [3.05, 3.63) is 29.8 Å². The fourth-order valence-electron chi connectivity index (χ4n) is 5.97. The summed E-state index contributed by atoms with van der Waals surface area (Å²) in [5.41, 5.74) is 2.71. The van der Waals surface area contributed by atoms with E-state index in [1.54, 1.807) is 0 Å². The Morgan fingerprint density at radius 1 is 0.844 bits per heavy atom. The van der Waals surface area contributed by atoms with Gasteiger partial charge >= 0.3 is 172 Å². The summed E-state index contributed by atoms with van der Waals surface area (Å²) in [7, 11) is -0.156. The summed E-state index contributed by atoms with van der Waals surface area (Å²) >= 11 is 5.56.